The maximum atomic E-state index is 5.46. The van der Waals surface area contributed by atoms with Gasteiger partial charge in [-0.1, -0.05) is 43.3 Å². The van der Waals surface area contributed by atoms with Crippen molar-refractivity contribution in [3.8, 4) is 0 Å². The highest BCUT2D eigenvalue weighted by molar-refractivity contribution is 7.80. The first kappa shape index (κ1) is 17.9. The number of nitrogens with one attached hydrogen (secondary N) is 3. The fourth-order valence-corrected chi connectivity index (χ4v) is 3.59. The molecule has 0 aliphatic carbocycles. The summed E-state index contributed by atoms with van der Waals surface area (Å²) in [6, 6.07) is 17.1. The van der Waals surface area contributed by atoms with Gasteiger partial charge in [0.25, 0.3) is 0 Å². The number of quaternary nitrogens is 1. The Balaban J connectivity index is 1.54. The molecule has 4 heteroatoms. The summed E-state index contributed by atoms with van der Waals surface area (Å²) in [5.41, 5.74) is 5.14. The van der Waals surface area contributed by atoms with Gasteiger partial charge >= 0.3 is 0 Å². The third-order valence-electron chi connectivity index (χ3n) is 4.93. The molecule has 0 saturated carbocycles. The summed E-state index contributed by atoms with van der Waals surface area (Å²) in [5.74, 6) is 0. The summed E-state index contributed by atoms with van der Waals surface area (Å²) >= 11 is 5.46. The van der Waals surface area contributed by atoms with Crippen molar-refractivity contribution in [1.82, 2.24) is 5.32 Å². The summed E-state index contributed by atoms with van der Waals surface area (Å²) in [7, 11) is 0. The minimum atomic E-state index is 0.674. The van der Waals surface area contributed by atoms with E-state index in [2.05, 4.69) is 66.1 Å². The number of aryl methyl sites for hydroxylation is 1. The van der Waals surface area contributed by atoms with Crippen molar-refractivity contribution in [2.24, 2.45) is 0 Å². The third kappa shape index (κ3) is 5.28. The zero-order valence-corrected chi connectivity index (χ0v) is 15.8. The summed E-state index contributed by atoms with van der Waals surface area (Å²) in [4.78, 5) is 1.70. The average molecular weight is 355 g/mol. The Morgan fingerprint density at radius 2 is 1.68 bits per heavy atom. The molecule has 3 rings (SSSR count). The molecule has 1 aliphatic heterocycles. The molecule has 1 fully saturated rings. The summed E-state index contributed by atoms with van der Waals surface area (Å²) in [6.07, 6.45) is 3.78. The maximum Gasteiger partial charge on any atom is 0.171 e. The van der Waals surface area contributed by atoms with Gasteiger partial charge in [0.05, 0.1) is 13.1 Å². The highest BCUT2D eigenvalue weighted by atomic mass is 32.1. The van der Waals surface area contributed by atoms with Gasteiger partial charge in [-0.25, -0.2) is 0 Å². The number of hydrogen-bond donors (Lipinski definition) is 3. The number of rotatable bonds is 6. The Morgan fingerprint density at radius 3 is 2.36 bits per heavy atom. The number of benzene rings is 2. The van der Waals surface area contributed by atoms with Crippen molar-refractivity contribution < 1.29 is 4.90 Å². The Hall–Kier alpha value is -1.91. The molecule has 3 nitrogen and oxygen atoms in total. The Labute approximate surface area is 156 Å². The van der Waals surface area contributed by atoms with Crippen LogP contribution >= 0.6 is 12.2 Å². The molecule has 1 heterocycles. The predicted octanol–water partition coefficient (Wildman–Crippen LogP) is 2.91. The second kappa shape index (κ2) is 8.97. The summed E-state index contributed by atoms with van der Waals surface area (Å²) in [5, 5.41) is 7.30. The van der Waals surface area contributed by atoms with Gasteiger partial charge in [-0.3, -0.25) is 0 Å². The Bertz CT molecular complexity index is 691. The molecule has 0 aromatic heterocycles. The van der Waals surface area contributed by atoms with Crippen molar-refractivity contribution in [3.05, 3.63) is 65.2 Å². The highest BCUT2D eigenvalue weighted by Gasteiger charge is 2.17. The smallest absolute Gasteiger partial charge is 0.171 e. The van der Waals surface area contributed by atoms with E-state index in [1.807, 2.05) is 0 Å². The molecule has 2 aromatic rings. The maximum absolute atomic E-state index is 5.46. The van der Waals surface area contributed by atoms with Crippen LogP contribution in [0.5, 0.6) is 0 Å². The molecule has 0 bridgehead atoms. The van der Waals surface area contributed by atoms with Gasteiger partial charge in [0, 0.05) is 30.6 Å². The lowest BCUT2D eigenvalue weighted by atomic mass is 10.1. The highest BCUT2D eigenvalue weighted by Crippen LogP contribution is 2.11. The van der Waals surface area contributed by atoms with Gasteiger partial charge in [0.1, 0.15) is 6.54 Å². The van der Waals surface area contributed by atoms with Gasteiger partial charge in [-0.2, -0.15) is 0 Å². The van der Waals surface area contributed by atoms with Crippen LogP contribution < -0.4 is 15.5 Å². The first-order chi connectivity index (χ1) is 12.2. The molecular formula is C21H28N3S+. The van der Waals surface area contributed by atoms with Gasteiger partial charge in [0.15, 0.2) is 5.11 Å². The van der Waals surface area contributed by atoms with Crippen molar-refractivity contribution in [2.45, 2.75) is 39.3 Å². The van der Waals surface area contributed by atoms with Gasteiger partial charge in [-0.15, -0.1) is 0 Å². The van der Waals surface area contributed by atoms with Crippen molar-refractivity contribution in [1.29, 1.82) is 0 Å². The molecule has 2 aromatic carbocycles. The minimum absolute atomic E-state index is 0.674. The quantitative estimate of drug-likeness (QED) is 0.697. The van der Waals surface area contributed by atoms with E-state index in [1.54, 1.807) is 4.90 Å². The summed E-state index contributed by atoms with van der Waals surface area (Å²) < 4.78 is 0. The fourth-order valence-electron chi connectivity index (χ4n) is 3.40. The van der Waals surface area contributed by atoms with E-state index in [-0.39, 0.29) is 0 Å². The van der Waals surface area contributed by atoms with Crippen LogP contribution in [0.3, 0.4) is 0 Å². The SMILES string of the molecule is CCc1ccc(NC(=S)NCc2ccccc2C[NH+]2CCCC2)cc1. The first-order valence-electron chi connectivity index (χ1n) is 9.28. The van der Waals surface area contributed by atoms with Crippen LogP contribution in [0.2, 0.25) is 0 Å². The number of hydrogen-bond acceptors (Lipinski definition) is 1. The van der Waals surface area contributed by atoms with Crippen LogP contribution in [0.25, 0.3) is 0 Å². The molecule has 1 saturated heterocycles. The molecule has 1 aliphatic rings. The predicted molar refractivity (Wildman–Crippen MR) is 109 cm³/mol. The van der Waals surface area contributed by atoms with Gasteiger partial charge < -0.3 is 15.5 Å². The number of likely N-dealkylation sites (tertiary alicyclic amines) is 1. The Kier molecular flexibility index (Phi) is 6.42. The van der Waals surface area contributed by atoms with Crippen LogP contribution in [0.4, 0.5) is 5.69 Å². The minimum Gasteiger partial charge on any atom is -0.358 e. The standard InChI is InChI=1S/C21H27N3S/c1-2-17-9-11-20(12-10-17)23-21(25)22-15-18-7-3-4-8-19(18)16-24-13-5-6-14-24/h3-4,7-12H,2,5-6,13-16H2,1H3,(H2,22,23,25)/p+1. The molecule has 0 atom stereocenters. The summed E-state index contributed by atoms with van der Waals surface area (Å²) in [6.45, 7) is 6.65. The monoisotopic (exact) mass is 354 g/mol. The molecule has 0 radical (unpaired) electrons. The molecular weight excluding hydrogens is 326 g/mol. The van der Waals surface area contributed by atoms with E-state index >= 15 is 0 Å². The van der Waals surface area contributed by atoms with E-state index in [1.165, 1.54) is 42.6 Å². The van der Waals surface area contributed by atoms with E-state index < -0.39 is 0 Å². The third-order valence-corrected chi connectivity index (χ3v) is 5.18. The fraction of sp³-hybridized carbons (Fsp3) is 0.381. The molecule has 25 heavy (non-hydrogen) atoms. The normalized spacial score (nSPS) is 14.4. The lowest BCUT2D eigenvalue weighted by Crippen LogP contribution is -3.08. The van der Waals surface area contributed by atoms with Gasteiger partial charge in [-0.05, 0) is 41.9 Å². The zero-order chi connectivity index (χ0) is 17.5. The lowest BCUT2D eigenvalue weighted by molar-refractivity contribution is -0.901. The van der Waals surface area contributed by atoms with E-state index in [4.69, 9.17) is 12.2 Å². The van der Waals surface area contributed by atoms with Crippen LogP contribution in [-0.4, -0.2) is 18.2 Å². The second-order valence-electron chi connectivity index (χ2n) is 6.76. The van der Waals surface area contributed by atoms with Crippen LogP contribution in [0, 0.1) is 0 Å². The zero-order valence-electron chi connectivity index (χ0n) is 15.0. The Morgan fingerprint density at radius 1 is 1.00 bits per heavy atom. The van der Waals surface area contributed by atoms with Crippen molar-refractivity contribution in [2.75, 3.05) is 18.4 Å². The van der Waals surface area contributed by atoms with E-state index in [0.717, 1.165) is 25.2 Å². The van der Waals surface area contributed by atoms with E-state index in [0.29, 0.717) is 5.11 Å². The molecule has 0 unspecified atom stereocenters. The van der Waals surface area contributed by atoms with E-state index in [9.17, 15) is 0 Å². The van der Waals surface area contributed by atoms with Crippen LogP contribution in [0.15, 0.2) is 48.5 Å². The topological polar surface area (TPSA) is 28.5 Å². The van der Waals surface area contributed by atoms with Crippen LogP contribution in [-0.2, 0) is 19.5 Å². The lowest BCUT2D eigenvalue weighted by Gasteiger charge is -2.16. The first-order valence-corrected chi connectivity index (χ1v) is 9.69. The molecule has 3 N–H and O–H groups in total. The molecule has 0 amide bonds. The van der Waals surface area contributed by atoms with Crippen molar-refractivity contribution in [3.63, 3.8) is 0 Å². The number of anilines is 1. The second-order valence-corrected chi connectivity index (χ2v) is 7.17. The number of thiocarbonyl (C=S) groups is 1. The van der Waals surface area contributed by atoms with Crippen LogP contribution in [0.1, 0.15) is 36.5 Å². The largest absolute Gasteiger partial charge is 0.358 e. The van der Waals surface area contributed by atoms with Crippen molar-refractivity contribution >= 4 is 23.0 Å². The molecule has 132 valence electrons. The average Bonchev–Trinajstić information content (AvgIpc) is 3.15. The van der Waals surface area contributed by atoms with Gasteiger partial charge in [0.2, 0.25) is 0 Å². The molecule has 0 spiro atoms.